The summed E-state index contributed by atoms with van der Waals surface area (Å²) in [6.07, 6.45) is 2.66. The van der Waals surface area contributed by atoms with E-state index in [4.69, 9.17) is 0 Å². The molecule has 0 aromatic heterocycles. The summed E-state index contributed by atoms with van der Waals surface area (Å²) < 4.78 is 13.8. The summed E-state index contributed by atoms with van der Waals surface area (Å²) in [5, 5.41) is 9.31. The molecule has 3 rings (SSSR count). The maximum absolute atomic E-state index is 13.8. The maximum atomic E-state index is 13.8. The second kappa shape index (κ2) is 5.76. The molecule has 0 radical (unpaired) electrons. The van der Waals surface area contributed by atoms with Crippen molar-refractivity contribution < 1.29 is 14.3 Å². The number of hydrogen-bond acceptors (Lipinski definition) is 2. The summed E-state index contributed by atoms with van der Waals surface area (Å²) in [6, 6.07) is 6.96. The highest BCUT2D eigenvalue weighted by atomic mass is 19.1. The number of carbonyl (C=O) groups excluding carboxylic acids is 1. The summed E-state index contributed by atoms with van der Waals surface area (Å²) in [7, 11) is 0. The Morgan fingerprint density at radius 3 is 2.86 bits per heavy atom. The molecule has 21 heavy (non-hydrogen) atoms. The molecule has 2 aliphatic rings. The number of rotatable bonds is 3. The van der Waals surface area contributed by atoms with Gasteiger partial charge in [0.2, 0.25) is 5.91 Å². The number of carbonyl (C=O) groups is 1. The van der Waals surface area contributed by atoms with E-state index in [0.717, 1.165) is 19.3 Å². The summed E-state index contributed by atoms with van der Waals surface area (Å²) in [4.78, 5) is 14.5. The predicted octanol–water partition coefficient (Wildman–Crippen LogP) is 2.55. The molecule has 2 fully saturated rings. The van der Waals surface area contributed by atoms with Crippen LogP contribution in [0.3, 0.4) is 0 Å². The molecule has 4 heteroatoms. The highest BCUT2D eigenvalue weighted by molar-refractivity contribution is 5.83. The molecule has 1 aromatic carbocycles. The monoisotopic (exact) mass is 291 g/mol. The lowest BCUT2D eigenvalue weighted by Crippen LogP contribution is -2.47. The van der Waals surface area contributed by atoms with Gasteiger partial charge in [0, 0.05) is 25.1 Å². The fraction of sp³-hybridized carbons (Fsp3) is 0.588. The van der Waals surface area contributed by atoms with Crippen LogP contribution in [-0.4, -0.2) is 35.1 Å². The van der Waals surface area contributed by atoms with Gasteiger partial charge >= 0.3 is 0 Å². The molecular weight excluding hydrogens is 269 g/mol. The van der Waals surface area contributed by atoms with Crippen LogP contribution < -0.4 is 0 Å². The number of hydrogen-bond donors (Lipinski definition) is 1. The zero-order valence-corrected chi connectivity index (χ0v) is 12.3. The minimum Gasteiger partial charge on any atom is -0.396 e. The number of aliphatic hydroxyl groups excluding tert-OH is 1. The van der Waals surface area contributed by atoms with Crippen LogP contribution in [0.15, 0.2) is 24.3 Å². The van der Waals surface area contributed by atoms with Gasteiger partial charge < -0.3 is 10.0 Å². The number of nitrogens with zero attached hydrogens (tertiary/aromatic N) is 1. The van der Waals surface area contributed by atoms with E-state index in [-0.39, 0.29) is 42.1 Å². The van der Waals surface area contributed by atoms with E-state index in [0.29, 0.717) is 12.1 Å². The molecule has 3 nitrogen and oxygen atoms in total. The lowest BCUT2D eigenvalue weighted by Gasteiger charge is -2.37. The molecule has 1 heterocycles. The first kappa shape index (κ1) is 14.5. The Hall–Kier alpha value is -1.42. The maximum Gasteiger partial charge on any atom is 0.226 e. The normalized spacial score (nSPS) is 32.0. The van der Waals surface area contributed by atoms with Crippen LogP contribution in [0.25, 0.3) is 0 Å². The second-order valence-corrected chi connectivity index (χ2v) is 6.44. The molecule has 1 saturated heterocycles. The first-order chi connectivity index (χ1) is 10.1. The number of amides is 1. The van der Waals surface area contributed by atoms with Crippen molar-refractivity contribution in [1.82, 2.24) is 4.90 Å². The van der Waals surface area contributed by atoms with E-state index in [1.54, 1.807) is 12.1 Å². The molecule has 0 spiro atoms. The topological polar surface area (TPSA) is 40.5 Å². The van der Waals surface area contributed by atoms with Crippen molar-refractivity contribution in [2.75, 3.05) is 13.2 Å². The van der Waals surface area contributed by atoms with Gasteiger partial charge in [-0.3, -0.25) is 4.79 Å². The zero-order chi connectivity index (χ0) is 15.0. The Morgan fingerprint density at radius 1 is 1.38 bits per heavy atom. The van der Waals surface area contributed by atoms with E-state index in [1.165, 1.54) is 6.07 Å². The smallest absolute Gasteiger partial charge is 0.226 e. The Kier molecular flexibility index (Phi) is 3.98. The first-order valence-electron chi connectivity index (χ1n) is 7.77. The Bertz CT molecular complexity index is 533. The third kappa shape index (κ3) is 2.82. The summed E-state index contributed by atoms with van der Waals surface area (Å²) in [5.74, 6) is 0.0598. The Balaban J connectivity index is 1.68. The van der Waals surface area contributed by atoms with Crippen LogP contribution in [0.2, 0.25) is 0 Å². The average Bonchev–Trinajstić information content (AvgIpc) is 3.28. The van der Waals surface area contributed by atoms with Crippen molar-refractivity contribution in [3.8, 4) is 0 Å². The summed E-state index contributed by atoms with van der Waals surface area (Å²) >= 11 is 0. The van der Waals surface area contributed by atoms with Crippen molar-refractivity contribution in [1.29, 1.82) is 0 Å². The number of aliphatic hydroxyl groups is 1. The third-order valence-corrected chi connectivity index (χ3v) is 4.93. The van der Waals surface area contributed by atoms with Gasteiger partial charge in [0.15, 0.2) is 0 Å². The first-order valence-corrected chi connectivity index (χ1v) is 7.77. The van der Waals surface area contributed by atoms with E-state index in [2.05, 4.69) is 6.92 Å². The standard InChI is InChI=1S/C17H22FNO2/c1-11-6-7-12(10-20)9-19(11)17(21)15-8-14(15)13-4-2-3-5-16(13)18/h2-5,11-12,14-15,20H,6-10H2,1H3. The predicted molar refractivity (Wildman–Crippen MR) is 78.2 cm³/mol. The molecule has 1 aromatic rings. The van der Waals surface area contributed by atoms with Gasteiger partial charge in [-0.05, 0) is 49.7 Å². The van der Waals surface area contributed by atoms with Crippen molar-refractivity contribution in [3.63, 3.8) is 0 Å². The molecule has 4 unspecified atom stereocenters. The van der Waals surface area contributed by atoms with E-state index in [1.807, 2.05) is 11.0 Å². The van der Waals surface area contributed by atoms with Gasteiger partial charge in [-0.15, -0.1) is 0 Å². The minimum absolute atomic E-state index is 0.0282. The molecule has 1 amide bonds. The fourth-order valence-corrected chi connectivity index (χ4v) is 3.44. The zero-order valence-electron chi connectivity index (χ0n) is 12.3. The van der Waals surface area contributed by atoms with Crippen LogP contribution in [0.5, 0.6) is 0 Å². The molecule has 0 bridgehead atoms. The highest BCUT2D eigenvalue weighted by Gasteiger charge is 2.48. The van der Waals surface area contributed by atoms with Crippen LogP contribution in [0, 0.1) is 17.7 Å². The summed E-state index contributed by atoms with van der Waals surface area (Å²) in [5.41, 5.74) is 0.666. The third-order valence-electron chi connectivity index (χ3n) is 4.93. The van der Waals surface area contributed by atoms with Gasteiger partial charge in [-0.1, -0.05) is 18.2 Å². The average molecular weight is 291 g/mol. The molecule has 1 aliphatic carbocycles. The number of likely N-dealkylation sites (tertiary alicyclic amines) is 1. The van der Waals surface area contributed by atoms with E-state index < -0.39 is 0 Å². The van der Waals surface area contributed by atoms with Crippen LogP contribution in [0.4, 0.5) is 4.39 Å². The molecule has 1 aliphatic heterocycles. The lowest BCUT2D eigenvalue weighted by molar-refractivity contribution is -0.137. The quantitative estimate of drug-likeness (QED) is 0.929. The van der Waals surface area contributed by atoms with Crippen LogP contribution in [-0.2, 0) is 4.79 Å². The van der Waals surface area contributed by atoms with Crippen molar-refractivity contribution in [2.45, 2.75) is 38.1 Å². The molecular formula is C17H22FNO2. The number of halogens is 1. The molecule has 1 saturated carbocycles. The largest absolute Gasteiger partial charge is 0.396 e. The Labute approximate surface area is 124 Å². The van der Waals surface area contributed by atoms with Gasteiger partial charge in [-0.25, -0.2) is 4.39 Å². The van der Waals surface area contributed by atoms with Gasteiger partial charge in [-0.2, -0.15) is 0 Å². The second-order valence-electron chi connectivity index (χ2n) is 6.44. The SMILES string of the molecule is CC1CCC(CO)CN1C(=O)C1CC1c1ccccc1F. The molecule has 114 valence electrons. The summed E-state index contributed by atoms with van der Waals surface area (Å²) in [6.45, 7) is 2.83. The van der Waals surface area contributed by atoms with Crippen LogP contribution in [0.1, 0.15) is 37.7 Å². The van der Waals surface area contributed by atoms with Crippen LogP contribution >= 0.6 is 0 Å². The van der Waals surface area contributed by atoms with Gasteiger partial charge in [0.25, 0.3) is 0 Å². The lowest BCUT2D eigenvalue weighted by atomic mass is 9.93. The number of piperidine rings is 1. The van der Waals surface area contributed by atoms with Gasteiger partial charge in [0.1, 0.15) is 5.82 Å². The Morgan fingerprint density at radius 2 is 2.14 bits per heavy atom. The van der Waals surface area contributed by atoms with Crippen molar-refractivity contribution >= 4 is 5.91 Å². The molecule has 1 N–H and O–H groups in total. The van der Waals surface area contributed by atoms with Gasteiger partial charge in [0.05, 0.1) is 0 Å². The fourth-order valence-electron chi connectivity index (χ4n) is 3.44. The minimum atomic E-state index is -0.210. The van der Waals surface area contributed by atoms with E-state index >= 15 is 0 Å². The van der Waals surface area contributed by atoms with Crippen molar-refractivity contribution in [3.05, 3.63) is 35.6 Å². The van der Waals surface area contributed by atoms with E-state index in [9.17, 15) is 14.3 Å². The highest BCUT2D eigenvalue weighted by Crippen LogP contribution is 2.49. The molecule has 4 atom stereocenters. The van der Waals surface area contributed by atoms with Crippen molar-refractivity contribution in [2.24, 2.45) is 11.8 Å². The number of benzene rings is 1.